The minimum Gasteiger partial charge on any atom is -0.373 e. The molecule has 0 aromatic heterocycles. The lowest BCUT2D eigenvalue weighted by atomic mass is 10.1. The topological polar surface area (TPSA) is 18.5 Å². The van der Waals surface area contributed by atoms with Gasteiger partial charge in [0.05, 0.1) is 0 Å². The molecule has 0 radical (unpaired) electrons. The van der Waals surface area contributed by atoms with Gasteiger partial charge in [-0.25, -0.2) is 0 Å². The number of nitrogens with zero attached hydrogens (tertiary/aromatic N) is 2. The largest absolute Gasteiger partial charge is 0.373 e. The molecule has 2 unspecified atom stereocenters. The Morgan fingerprint density at radius 2 is 2.00 bits per heavy atom. The van der Waals surface area contributed by atoms with Crippen LogP contribution in [0.2, 0.25) is 0 Å². The van der Waals surface area contributed by atoms with E-state index in [9.17, 15) is 0 Å². The summed E-state index contributed by atoms with van der Waals surface area (Å²) in [6, 6.07) is 10.2. The molecule has 21 heavy (non-hydrogen) atoms. The zero-order valence-corrected chi connectivity index (χ0v) is 14.1. The summed E-state index contributed by atoms with van der Waals surface area (Å²) in [7, 11) is 2.22. The summed E-state index contributed by atoms with van der Waals surface area (Å²) in [5.41, 5.74) is 2.69. The summed E-state index contributed by atoms with van der Waals surface area (Å²) < 4.78 is 0. The molecule has 1 fully saturated rings. The molecule has 0 spiro atoms. The quantitative estimate of drug-likeness (QED) is 0.831. The number of nitrogens with one attached hydrogen (secondary N) is 1. The fraction of sp³-hybridized carbons (Fsp3) is 0.667. The Hall–Kier alpha value is -1.06. The molecule has 0 aliphatic carbocycles. The smallest absolute Gasteiger partial charge is 0.0364 e. The highest BCUT2D eigenvalue weighted by atomic mass is 15.2. The summed E-state index contributed by atoms with van der Waals surface area (Å²) in [5, 5.41) is 3.46. The molecule has 1 aromatic rings. The zero-order chi connectivity index (χ0) is 15.2. The van der Waals surface area contributed by atoms with Crippen LogP contribution in [0, 0.1) is 0 Å². The Morgan fingerprint density at radius 3 is 2.62 bits per heavy atom. The van der Waals surface area contributed by atoms with Crippen molar-refractivity contribution in [3.05, 3.63) is 29.8 Å². The molecular formula is C18H31N3. The standard InChI is InChI=1S/C18H31N3/c1-5-19-15(3)16-9-11-17(12-10-16)20(4)14-18-8-7-13-21(18)6-2/h9-12,15,18-19H,5-8,13-14H2,1-4H3. The van der Waals surface area contributed by atoms with Gasteiger partial charge in [0.2, 0.25) is 0 Å². The van der Waals surface area contributed by atoms with E-state index in [0.29, 0.717) is 6.04 Å². The van der Waals surface area contributed by atoms with Crippen molar-refractivity contribution in [2.75, 3.05) is 38.1 Å². The van der Waals surface area contributed by atoms with E-state index in [2.05, 4.69) is 67.2 Å². The van der Waals surface area contributed by atoms with Crippen molar-refractivity contribution in [3.8, 4) is 0 Å². The van der Waals surface area contributed by atoms with E-state index in [4.69, 9.17) is 0 Å². The Balaban J connectivity index is 1.94. The number of anilines is 1. The molecule has 2 atom stereocenters. The number of rotatable bonds is 7. The summed E-state index contributed by atoms with van der Waals surface area (Å²) in [5.74, 6) is 0. The average molecular weight is 289 g/mol. The van der Waals surface area contributed by atoms with Gasteiger partial charge < -0.3 is 10.2 Å². The first kappa shape index (κ1) is 16.3. The molecule has 1 aliphatic heterocycles. The normalized spacial score (nSPS) is 20.7. The maximum Gasteiger partial charge on any atom is 0.0364 e. The second-order valence-corrected chi connectivity index (χ2v) is 6.18. The van der Waals surface area contributed by atoms with Crippen molar-refractivity contribution in [1.82, 2.24) is 10.2 Å². The van der Waals surface area contributed by atoms with E-state index in [1.54, 1.807) is 0 Å². The van der Waals surface area contributed by atoms with E-state index >= 15 is 0 Å². The van der Waals surface area contributed by atoms with Crippen LogP contribution in [0.1, 0.15) is 45.2 Å². The average Bonchev–Trinajstić information content (AvgIpc) is 2.94. The molecule has 118 valence electrons. The Morgan fingerprint density at radius 1 is 1.29 bits per heavy atom. The first-order chi connectivity index (χ1) is 10.2. The molecule has 3 nitrogen and oxygen atoms in total. The van der Waals surface area contributed by atoms with Crippen LogP contribution in [0.4, 0.5) is 5.69 Å². The number of hydrogen-bond acceptors (Lipinski definition) is 3. The number of likely N-dealkylation sites (N-methyl/N-ethyl adjacent to an activating group) is 2. The molecular weight excluding hydrogens is 258 g/mol. The van der Waals surface area contributed by atoms with E-state index in [-0.39, 0.29) is 0 Å². The monoisotopic (exact) mass is 289 g/mol. The minimum absolute atomic E-state index is 0.430. The maximum atomic E-state index is 3.46. The van der Waals surface area contributed by atoms with Gasteiger partial charge in [0.1, 0.15) is 0 Å². The summed E-state index contributed by atoms with van der Waals surface area (Å²) in [6.45, 7) is 11.2. The minimum atomic E-state index is 0.430. The van der Waals surface area contributed by atoms with Gasteiger partial charge in [-0.05, 0) is 57.1 Å². The number of hydrogen-bond donors (Lipinski definition) is 1. The lowest BCUT2D eigenvalue weighted by Crippen LogP contribution is -2.38. The van der Waals surface area contributed by atoms with Crippen molar-refractivity contribution in [2.24, 2.45) is 0 Å². The van der Waals surface area contributed by atoms with Crippen molar-refractivity contribution in [2.45, 2.75) is 45.7 Å². The third-order valence-electron chi connectivity index (χ3n) is 4.73. The third-order valence-corrected chi connectivity index (χ3v) is 4.73. The highest BCUT2D eigenvalue weighted by molar-refractivity contribution is 5.47. The maximum absolute atomic E-state index is 3.46. The van der Waals surface area contributed by atoms with Crippen molar-refractivity contribution in [3.63, 3.8) is 0 Å². The molecule has 0 saturated carbocycles. The van der Waals surface area contributed by atoms with Crippen molar-refractivity contribution < 1.29 is 0 Å². The van der Waals surface area contributed by atoms with E-state index in [1.807, 2.05) is 0 Å². The van der Waals surface area contributed by atoms with Gasteiger partial charge in [-0.15, -0.1) is 0 Å². The van der Waals surface area contributed by atoms with Crippen LogP contribution in [0.25, 0.3) is 0 Å². The molecule has 0 amide bonds. The molecule has 2 rings (SSSR count). The van der Waals surface area contributed by atoms with Gasteiger partial charge in [0.15, 0.2) is 0 Å². The van der Waals surface area contributed by atoms with Crippen molar-refractivity contribution >= 4 is 5.69 Å². The third kappa shape index (κ3) is 4.21. The van der Waals surface area contributed by atoms with Gasteiger partial charge in [0.25, 0.3) is 0 Å². The van der Waals surface area contributed by atoms with E-state index < -0.39 is 0 Å². The van der Waals surface area contributed by atoms with Crippen LogP contribution in [0.15, 0.2) is 24.3 Å². The first-order valence-electron chi connectivity index (χ1n) is 8.44. The molecule has 0 bridgehead atoms. The fourth-order valence-electron chi connectivity index (χ4n) is 3.38. The number of likely N-dealkylation sites (tertiary alicyclic amines) is 1. The Bertz CT molecular complexity index is 415. The van der Waals surface area contributed by atoms with E-state index in [1.165, 1.54) is 37.2 Å². The van der Waals surface area contributed by atoms with Crippen LogP contribution in [-0.4, -0.2) is 44.2 Å². The number of benzene rings is 1. The highest BCUT2D eigenvalue weighted by Crippen LogP contribution is 2.22. The highest BCUT2D eigenvalue weighted by Gasteiger charge is 2.24. The van der Waals surface area contributed by atoms with Crippen LogP contribution in [-0.2, 0) is 0 Å². The summed E-state index contributed by atoms with van der Waals surface area (Å²) in [6.07, 6.45) is 2.69. The summed E-state index contributed by atoms with van der Waals surface area (Å²) in [4.78, 5) is 5.01. The predicted octanol–water partition coefficient (Wildman–Crippen LogP) is 3.28. The molecule has 1 heterocycles. The SMILES string of the molecule is CCNC(C)c1ccc(N(C)CC2CCCN2CC)cc1. The Kier molecular flexibility index (Phi) is 6.07. The predicted molar refractivity (Wildman–Crippen MR) is 92.1 cm³/mol. The van der Waals surface area contributed by atoms with Crippen LogP contribution >= 0.6 is 0 Å². The molecule has 1 N–H and O–H groups in total. The van der Waals surface area contributed by atoms with Gasteiger partial charge in [-0.3, -0.25) is 4.90 Å². The molecule has 1 aromatic carbocycles. The lowest BCUT2D eigenvalue weighted by molar-refractivity contribution is 0.270. The molecule has 1 aliphatic rings. The van der Waals surface area contributed by atoms with Crippen LogP contribution in [0.3, 0.4) is 0 Å². The van der Waals surface area contributed by atoms with Crippen LogP contribution in [0.5, 0.6) is 0 Å². The molecule has 3 heteroatoms. The lowest BCUT2D eigenvalue weighted by Gasteiger charge is -2.29. The van der Waals surface area contributed by atoms with Gasteiger partial charge in [0, 0.05) is 31.4 Å². The second kappa shape index (κ2) is 7.81. The van der Waals surface area contributed by atoms with Gasteiger partial charge in [-0.1, -0.05) is 26.0 Å². The Labute approximate surface area is 130 Å². The van der Waals surface area contributed by atoms with Crippen molar-refractivity contribution in [1.29, 1.82) is 0 Å². The zero-order valence-electron chi connectivity index (χ0n) is 14.1. The summed E-state index contributed by atoms with van der Waals surface area (Å²) >= 11 is 0. The van der Waals surface area contributed by atoms with E-state index in [0.717, 1.165) is 19.1 Å². The van der Waals surface area contributed by atoms with Gasteiger partial charge >= 0.3 is 0 Å². The second-order valence-electron chi connectivity index (χ2n) is 6.18. The first-order valence-corrected chi connectivity index (χ1v) is 8.44. The fourth-order valence-corrected chi connectivity index (χ4v) is 3.38. The molecule has 1 saturated heterocycles. The van der Waals surface area contributed by atoms with Crippen LogP contribution < -0.4 is 10.2 Å². The van der Waals surface area contributed by atoms with Gasteiger partial charge in [-0.2, -0.15) is 0 Å².